The summed E-state index contributed by atoms with van der Waals surface area (Å²) in [5.41, 5.74) is 3.16. The largest absolute Gasteiger partial charge is 0.372 e. The van der Waals surface area contributed by atoms with E-state index in [-0.39, 0.29) is 5.82 Å². The Kier molecular flexibility index (Phi) is 1.43. The van der Waals surface area contributed by atoms with Gasteiger partial charge in [0.25, 0.3) is 0 Å². The van der Waals surface area contributed by atoms with Crippen molar-refractivity contribution < 1.29 is 9.13 Å². The summed E-state index contributed by atoms with van der Waals surface area (Å²) in [6, 6.07) is 3.10. The minimum atomic E-state index is -0.160. The predicted molar refractivity (Wildman–Crippen MR) is 39.6 cm³/mol. The molecule has 0 radical (unpaired) electrons. The summed E-state index contributed by atoms with van der Waals surface area (Å²) >= 11 is 0. The van der Waals surface area contributed by atoms with Crippen LogP contribution in [0, 0.1) is 12.7 Å². The van der Waals surface area contributed by atoms with E-state index >= 15 is 0 Å². The first-order valence-corrected chi connectivity index (χ1v) is 3.63. The number of hydrogen-bond donors (Lipinski definition) is 0. The van der Waals surface area contributed by atoms with Crippen LogP contribution in [0.3, 0.4) is 0 Å². The molecule has 1 aliphatic heterocycles. The van der Waals surface area contributed by atoms with Gasteiger partial charge in [0.15, 0.2) is 0 Å². The lowest BCUT2D eigenvalue weighted by molar-refractivity contribution is 0.134. The molecule has 0 spiro atoms. The van der Waals surface area contributed by atoms with Crippen molar-refractivity contribution in [3.05, 3.63) is 34.6 Å². The third-order valence-electron chi connectivity index (χ3n) is 2.03. The number of fused-ring (bicyclic) bond motifs is 1. The molecular weight excluding hydrogens is 143 g/mol. The first-order valence-electron chi connectivity index (χ1n) is 3.63. The molecule has 1 nitrogen and oxygen atoms in total. The maximum Gasteiger partial charge on any atom is 0.123 e. The highest BCUT2D eigenvalue weighted by Crippen LogP contribution is 2.23. The number of ether oxygens (including phenoxy) is 1. The van der Waals surface area contributed by atoms with Crippen LogP contribution in [-0.2, 0) is 18.0 Å². The van der Waals surface area contributed by atoms with Crippen LogP contribution in [0.5, 0.6) is 0 Å². The molecule has 0 fully saturated rings. The van der Waals surface area contributed by atoms with Gasteiger partial charge in [0.1, 0.15) is 5.82 Å². The number of rotatable bonds is 0. The maximum atomic E-state index is 12.8. The molecule has 0 atom stereocenters. The summed E-state index contributed by atoms with van der Waals surface area (Å²) in [7, 11) is 0. The molecule has 1 aromatic rings. The SMILES string of the molecule is Cc1cc(F)cc2c1COC2. The van der Waals surface area contributed by atoms with E-state index in [1.54, 1.807) is 12.1 Å². The molecule has 2 rings (SSSR count). The Morgan fingerprint density at radius 1 is 1.36 bits per heavy atom. The number of benzene rings is 1. The van der Waals surface area contributed by atoms with Crippen molar-refractivity contribution in [2.45, 2.75) is 20.1 Å². The van der Waals surface area contributed by atoms with E-state index < -0.39 is 0 Å². The molecule has 0 aliphatic carbocycles. The molecule has 0 saturated heterocycles. The Hall–Kier alpha value is -0.890. The van der Waals surface area contributed by atoms with Crippen molar-refractivity contribution in [2.75, 3.05) is 0 Å². The molecule has 0 unspecified atom stereocenters. The fourth-order valence-electron chi connectivity index (χ4n) is 1.44. The maximum absolute atomic E-state index is 12.8. The summed E-state index contributed by atoms with van der Waals surface area (Å²) < 4.78 is 18.0. The molecule has 1 aliphatic rings. The van der Waals surface area contributed by atoms with Gasteiger partial charge in [-0.1, -0.05) is 0 Å². The van der Waals surface area contributed by atoms with Gasteiger partial charge in [-0.2, -0.15) is 0 Å². The van der Waals surface area contributed by atoms with Crippen molar-refractivity contribution in [2.24, 2.45) is 0 Å². The zero-order valence-corrected chi connectivity index (χ0v) is 6.36. The predicted octanol–water partition coefficient (Wildman–Crippen LogP) is 2.16. The van der Waals surface area contributed by atoms with E-state index in [1.807, 2.05) is 6.92 Å². The normalized spacial score (nSPS) is 15.1. The molecule has 0 amide bonds. The van der Waals surface area contributed by atoms with Crippen LogP contribution in [0.25, 0.3) is 0 Å². The van der Waals surface area contributed by atoms with Crippen LogP contribution in [0.4, 0.5) is 4.39 Å². The average molecular weight is 152 g/mol. The van der Waals surface area contributed by atoms with Gasteiger partial charge in [-0.15, -0.1) is 0 Å². The Bertz CT molecular complexity index is 294. The van der Waals surface area contributed by atoms with Crippen LogP contribution in [0.2, 0.25) is 0 Å². The van der Waals surface area contributed by atoms with E-state index in [1.165, 1.54) is 0 Å². The third kappa shape index (κ3) is 1.03. The Morgan fingerprint density at radius 3 is 3.00 bits per heavy atom. The Labute approximate surface area is 64.8 Å². The minimum Gasteiger partial charge on any atom is -0.372 e. The van der Waals surface area contributed by atoms with E-state index in [0.29, 0.717) is 13.2 Å². The fourth-order valence-corrected chi connectivity index (χ4v) is 1.44. The van der Waals surface area contributed by atoms with Crippen LogP contribution in [0.15, 0.2) is 12.1 Å². The van der Waals surface area contributed by atoms with Gasteiger partial charge in [-0.3, -0.25) is 0 Å². The van der Waals surface area contributed by atoms with Crippen molar-refractivity contribution in [1.82, 2.24) is 0 Å². The smallest absolute Gasteiger partial charge is 0.123 e. The highest BCUT2D eigenvalue weighted by molar-refractivity contribution is 5.35. The van der Waals surface area contributed by atoms with E-state index in [0.717, 1.165) is 16.7 Å². The summed E-state index contributed by atoms with van der Waals surface area (Å²) in [6.07, 6.45) is 0. The lowest BCUT2D eigenvalue weighted by Gasteiger charge is -2.00. The molecule has 0 N–H and O–H groups in total. The number of hydrogen-bond acceptors (Lipinski definition) is 1. The van der Waals surface area contributed by atoms with E-state index in [4.69, 9.17) is 4.74 Å². The van der Waals surface area contributed by atoms with Gasteiger partial charge in [0.2, 0.25) is 0 Å². The van der Waals surface area contributed by atoms with Gasteiger partial charge in [0.05, 0.1) is 13.2 Å². The second-order valence-corrected chi connectivity index (χ2v) is 2.85. The molecule has 2 heteroatoms. The van der Waals surface area contributed by atoms with Gasteiger partial charge >= 0.3 is 0 Å². The zero-order valence-electron chi connectivity index (χ0n) is 6.36. The quantitative estimate of drug-likeness (QED) is 0.553. The molecule has 11 heavy (non-hydrogen) atoms. The average Bonchev–Trinajstić information content (AvgIpc) is 2.34. The number of aryl methyl sites for hydroxylation is 1. The second-order valence-electron chi connectivity index (χ2n) is 2.85. The van der Waals surface area contributed by atoms with E-state index in [2.05, 4.69) is 0 Å². The Balaban J connectivity index is 2.60. The lowest BCUT2D eigenvalue weighted by atomic mass is 10.0. The van der Waals surface area contributed by atoms with Crippen molar-refractivity contribution >= 4 is 0 Å². The highest BCUT2D eigenvalue weighted by Gasteiger charge is 2.14. The summed E-state index contributed by atoms with van der Waals surface area (Å²) in [4.78, 5) is 0. The van der Waals surface area contributed by atoms with Gasteiger partial charge < -0.3 is 4.74 Å². The molecule has 0 bridgehead atoms. The zero-order chi connectivity index (χ0) is 7.84. The first-order chi connectivity index (χ1) is 5.27. The van der Waals surface area contributed by atoms with Crippen molar-refractivity contribution in [1.29, 1.82) is 0 Å². The van der Waals surface area contributed by atoms with Crippen molar-refractivity contribution in [3.63, 3.8) is 0 Å². The number of halogens is 1. The van der Waals surface area contributed by atoms with Gasteiger partial charge in [-0.05, 0) is 35.7 Å². The molecule has 0 aromatic heterocycles. The molecular formula is C9H9FO. The van der Waals surface area contributed by atoms with Crippen LogP contribution < -0.4 is 0 Å². The summed E-state index contributed by atoms with van der Waals surface area (Å²) in [6.45, 7) is 3.12. The van der Waals surface area contributed by atoms with Crippen LogP contribution in [0.1, 0.15) is 16.7 Å². The Morgan fingerprint density at radius 2 is 2.18 bits per heavy atom. The van der Waals surface area contributed by atoms with Crippen LogP contribution in [-0.4, -0.2) is 0 Å². The van der Waals surface area contributed by atoms with Crippen molar-refractivity contribution in [3.8, 4) is 0 Å². The van der Waals surface area contributed by atoms with Crippen LogP contribution >= 0.6 is 0 Å². The van der Waals surface area contributed by atoms with E-state index in [9.17, 15) is 4.39 Å². The summed E-state index contributed by atoms with van der Waals surface area (Å²) in [5.74, 6) is -0.160. The van der Waals surface area contributed by atoms with Gasteiger partial charge in [-0.25, -0.2) is 4.39 Å². The fraction of sp³-hybridized carbons (Fsp3) is 0.333. The first kappa shape index (κ1) is 6.80. The molecule has 58 valence electrons. The van der Waals surface area contributed by atoms with Gasteiger partial charge in [0, 0.05) is 0 Å². The monoisotopic (exact) mass is 152 g/mol. The minimum absolute atomic E-state index is 0.160. The second kappa shape index (κ2) is 2.31. The lowest BCUT2D eigenvalue weighted by Crippen LogP contribution is -1.89. The third-order valence-corrected chi connectivity index (χ3v) is 2.03. The summed E-state index contributed by atoms with van der Waals surface area (Å²) in [5, 5.41) is 0. The standard InChI is InChI=1S/C9H9FO/c1-6-2-8(10)3-7-4-11-5-9(6)7/h2-3H,4-5H2,1H3. The molecule has 1 aromatic carbocycles. The highest BCUT2D eigenvalue weighted by atomic mass is 19.1. The molecule has 0 saturated carbocycles. The topological polar surface area (TPSA) is 9.23 Å². The molecule has 1 heterocycles.